The lowest BCUT2D eigenvalue weighted by molar-refractivity contribution is -0.121. The fraction of sp³-hybridized carbons (Fsp3) is 0.467. The smallest absolute Gasteiger partial charge is 0.409 e. The van der Waals surface area contributed by atoms with Gasteiger partial charge in [-0.25, -0.2) is 9.18 Å². The number of ether oxygens (including phenoxy) is 1. The Kier molecular flexibility index (Phi) is 5.14. The number of aryl methyl sites for hydroxylation is 1. The molecule has 1 unspecified atom stereocenters. The minimum atomic E-state index is -0.317. The maximum atomic E-state index is 12.7. The first kappa shape index (κ1) is 15.3. The zero-order chi connectivity index (χ0) is 15.2. The molecule has 0 aliphatic carbocycles. The molecule has 1 atom stereocenters. The van der Waals surface area contributed by atoms with Crippen LogP contribution in [0.25, 0.3) is 0 Å². The number of cyclic esters (lactones) is 1. The van der Waals surface area contributed by atoms with Crippen LogP contribution in [0, 0.1) is 5.82 Å². The van der Waals surface area contributed by atoms with E-state index in [0.29, 0.717) is 32.4 Å². The minimum absolute atomic E-state index is 0.0583. The van der Waals surface area contributed by atoms with Crippen molar-refractivity contribution < 1.29 is 18.7 Å². The predicted molar refractivity (Wildman–Crippen MR) is 75.2 cm³/mol. The molecule has 1 heterocycles. The van der Waals surface area contributed by atoms with Gasteiger partial charge in [-0.15, -0.1) is 0 Å². The molecule has 0 aromatic heterocycles. The summed E-state index contributed by atoms with van der Waals surface area (Å²) in [4.78, 5) is 24.4. The number of nitrogens with zero attached hydrogens (tertiary/aromatic N) is 1. The van der Waals surface area contributed by atoms with E-state index >= 15 is 0 Å². The number of hydrogen-bond donors (Lipinski definition) is 1. The molecule has 1 aromatic carbocycles. The van der Waals surface area contributed by atoms with Crippen LogP contribution in [0.15, 0.2) is 24.3 Å². The number of rotatable bonds is 6. The zero-order valence-corrected chi connectivity index (χ0v) is 12.0. The molecule has 1 aromatic rings. The molecule has 1 saturated heterocycles. The average molecular weight is 294 g/mol. The molecule has 1 N–H and O–H groups in total. The van der Waals surface area contributed by atoms with Gasteiger partial charge in [0.1, 0.15) is 11.9 Å². The third-order valence-corrected chi connectivity index (χ3v) is 3.40. The lowest BCUT2D eigenvalue weighted by atomic mass is 10.1. The predicted octanol–water partition coefficient (Wildman–Crippen LogP) is 1.72. The van der Waals surface area contributed by atoms with Crippen molar-refractivity contribution in [3.63, 3.8) is 0 Å². The van der Waals surface area contributed by atoms with Crippen LogP contribution < -0.4 is 5.32 Å². The summed E-state index contributed by atoms with van der Waals surface area (Å²) in [6.07, 6.45) is 1.07. The molecular weight excluding hydrogens is 275 g/mol. The molecule has 1 fully saturated rings. The first-order chi connectivity index (χ1) is 10.0. The van der Waals surface area contributed by atoms with Gasteiger partial charge in [0.05, 0.1) is 6.54 Å². The second-order valence-corrected chi connectivity index (χ2v) is 5.15. The molecule has 2 rings (SSSR count). The third-order valence-electron chi connectivity index (χ3n) is 3.40. The fourth-order valence-electron chi connectivity index (χ4n) is 2.17. The number of carbonyl (C=O) groups is 2. The Morgan fingerprint density at radius 3 is 2.76 bits per heavy atom. The summed E-state index contributed by atoms with van der Waals surface area (Å²) in [6, 6.07) is 6.13. The van der Waals surface area contributed by atoms with Crippen LogP contribution in [0.1, 0.15) is 18.4 Å². The van der Waals surface area contributed by atoms with E-state index in [1.54, 1.807) is 19.2 Å². The molecule has 0 radical (unpaired) electrons. The van der Waals surface area contributed by atoms with Crippen molar-refractivity contribution in [2.24, 2.45) is 0 Å². The second kappa shape index (κ2) is 7.06. The Labute approximate surface area is 123 Å². The highest BCUT2D eigenvalue weighted by molar-refractivity contribution is 5.76. The molecule has 5 nitrogen and oxygen atoms in total. The highest BCUT2D eigenvalue weighted by Crippen LogP contribution is 2.11. The molecule has 1 aliphatic rings. The van der Waals surface area contributed by atoms with Crippen molar-refractivity contribution in [2.45, 2.75) is 25.4 Å². The molecule has 0 saturated carbocycles. The highest BCUT2D eigenvalue weighted by atomic mass is 19.1. The van der Waals surface area contributed by atoms with Crippen LogP contribution in [-0.4, -0.2) is 43.1 Å². The van der Waals surface area contributed by atoms with Crippen LogP contribution in [0.5, 0.6) is 0 Å². The quantitative estimate of drug-likeness (QED) is 0.869. The summed E-state index contributed by atoms with van der Waals surface area (Å²) in [5.41, 5.74) is 0.929. The number of likely N-dealkylation sites (N-methyl/N-ethyl adjacent to an activating group) is 1. The van der Waals surface area contributed by atoms with E-state index in [0.717, 1.165) is 5.56 Å². The van der Waals surface area contributed by atoms with E-state index in [2.05, 4.69) is 5.32 Å². The number of halogens is 1. The van der Waals surface area contributed by atoms with Gasteiger partial charge in [0.2, 0.25) is 5.91 Å². The van der Waals surface area contributed by atoms with Gasteiger partial charge in [0, 0.05) is 26.4 Å². The van der Waals surface area contributed by atoms with Crippen molar-refractivity contribution >= 4 is 12.0 Å². The van der Waals surface area contributed by atoms with E-state index in [9.17, 15) is 14.0 Å². The van der Waals surface area contributed by atoms with E-state index in [1.807, 2.05) is 0 Å². The molecule has 0 spiro atoms. The largest absolute Gasteiger partial charge is 0.444 e. The van der Waals surface area contributed by atoms with Crippen molar-refractivity contribution in [1.82, 2.24) is 10.2 Å². The van der Waals surface area contributed by atoms with Crippen molar-refractivity contribution in [1.29, 1.82) is 0 Å². The van der Waals surface area contributed by atoms with Crippen molar-refractivity contribution in [3.8, 4) is 0 Å². The molecule has 2 amide bonds. The van der Waals surface area contributed by atoms with E-state index in [4.69, 9.17) is 4.74 Å². The molecule has 21 heavy (non-hydrogen) atoms. The summed E-state index contributed by atoms with van der Waals surface area (Å²) >= 11 is 0. The second-order valence-electron chi connectivity index (χ2n) is 5.15. The fourth-order valence-corrected chi connectivity index (χ4v) is 2.17. The normalized spacial score (nSPS) is 17.7. The molecule has 1 aliphatic heterocycles. The summed E-state index contributed by atoms with van der Waals surface area (Å²) in [5, 5.41) is 2.80. The highest BCUT2D eigenvalue weighted by Gasteiger charge is 2.27. The number of carbonyl (C=O) groups excluding carboxylic acids is 2. The van der Waals surface area contributed by atoms with Gasteiger partial charge in [0.15, 0.2) is 0 Å². The Bertz CT molecular complexity index is 504. The number of amides is 2. The van der Waals surface area contributed by atoms with Crippen LogP contribution in [0.2, 0.25) is 0 Å². The lowest BCUT2D eigenvalue weighted by Crippen LogP contribution is -2.28. The van der Waals surface area contributed by atoms with Gasteiger partial charge < -0.3 is 15.0 Å². The van der Waals surface area contributed by atoms with Crippen molar-refractivity contribution in [3.05, 3.63) is 35.6 Å². The van der Waals surface area contributed by atoms with Crippen molar-refractivity contribution in [2.75, 3.05) is 20.1 Å². The van der Waals surface area contributed by atoms with Gasteiger partial charge in [-0.3, -0.25) is 4.79 Å². The summed E-state index contributed by atoms with van der Waals surface area (Å²) in [5.74, 6) is -0.337. The summed E-state index contributed by atoms with van der Waals surface area (Å²) in [6.45, 7) is 1.04. The third kappa shape index (κ3) is 4.73. The van der Waals surface area contributed by atoms with Gasteiger partial charge in [0.25, 0.3) is 0 Å². The standard InChI is InChI=1S/C15H19FN2O3/c1-18-10-13(21-15(18)20)8-9-17-14(19)7-4-11-2-5-12(16)6-3-11/h2-3,5-6,13H,4,7-10H2,1H3,(H,17,19). The van der Waals surface area contributed by atoms with Gasteiger partial charge in [-0.2, -0.15) is 0 Å². The Morgan fingerprint density at radius 1 is 1.43 bits per heavy atom. The molecule has 114 valence electrons. The van der Waals surface area contributed by atoms with Crippen LogP contribution in [0.3, 0.4) is 0 Å². The maximum Gasteiger partial charge on any atom is 0.409 e. The minimum Gasteiger partial charge on any atom is -0.444 e. The van der Waals surface area contributed by atoms with Gasteiger partial charge in [-0.05, 0) is 24.1 Å². The maximum absolute atomic E-state index is 12.7. The van der Waals surface area contributed by atoms with Crippen LogP contribution in [-0.2, 0) is 16.0 Å². The van der Waals surface area contributed by atoms with Crippen LogP contribution >= 0.6 is 0 Å². The molecule has 6 heteroatoms. The first-order valence-electron chi connectivity index (χ1n) is 6.97. The Balaban J connectivity index is 1.62. The Morgan fingerprint density at radius 2 is 2.14 bits per heavy atom. The first-order valence-corrected chi connectivity index (χ1v) is 6.97. The number of hydrogen-bond acceptors (Lipinski definition) is 3. The molecule has 0 bridgehead atoms. The van der Waals surface area contributed by atoms with Crippen LogP contribution in [0.4, 0.5) is 9.18 Å². The van der Waals surface area contributed by atoms with E-state index in [1.165, 1.54) is 17.0 Å². The average Bonchev–Trinajstić information content (AvgIpc) is 2.77. The zero-order valence-electron chi connectivity index (χ0n) is 12.0. The van der Waals surface area contributed by atoms with E-state index < -0.39 is 0 Å². The SMILES string of the molecule is CN1CC(CCNC(=O)CCc2ccc(F)cc2)OC1=O. The summed E-state index contributed by atoms with van der Waals surface area (Å²) in [7, 11) is 1.68. The summed E-state index contributed by atoms with van der Waals surface area (Å²) < 4.78 is 17.8. The number of nitrogens with one attached hydrogen (secondary N) is 1. The Hall–Kier alpha value is -2.11. The number of benzene rings is 1. The molecular formula is C15H19FN2O3. The van der Waals surface area contributed by atoms with E-state index in [-0.39, 0.29) is 23.9 Å². The van der Waals surface area contributed by atoms with Gasteiger partial charge >= 0.3 is 6.09 Å². The topological polar surface area (TPSA) is 58.6 Å². The lowest BCUT2D eigenvalue weighted by Gasteiger charge is -2.09. The monoisotopic (exact) mass is 294 g/mol. The van der Waals surface area contributed by atoms with Gasteiger partial charge in [-0.1, -0.05) is 12.1 Å².